The SMILES string of the molecule is CC(=O)OC(C)C.CC(N)c1ccccc1. The van der Waals surface area contributed by atoms with Gasteiger partial charge in [0.2, 0.25) is 0 Å². The zero-order chi connectivity index (χ0) is 12.6. The van der Waals surface area contributed by atoms with Crippen molar-refractivity contribution in [1.29, 1.82) is 0 Å². The lowest BCUT2D eigenvalue weighted by molar-refractivity contribution is -0.144. The van der Waals surface area contributed by atoms with Gasteiger partial charge in [-0.2, -0.15) is 0 Å². The van der Waals surface area contributed by atoms with Crippen molar-refractivity contribution in [3.05, 3.63) is 35.9 Å². The van der Waals surface area contributed by atoms with E-state index in [1.807, 2.05) is 51.1 Å². The minimum atomic E-state index is -0.213. The number of carbonyl (C=O) groups is 1. The zero-order valence-corrected chi connectivity index (χ0v) is 10.4. The molecule has 2 N–H and O–H groups in total. The van der Waals surface area contributed by atoms with E-state index in [1.54, 1.807) is 0 Å². The monoisotopic (exact) mass is 223 g/mol. The number of ether oxygens (including phenoxy) is 1. The summed E-state index contributed by atoms with van der Waals surface area (Å²) in [7, 11) is 0. The van der Waals surface area contributed by atoms with E-state index in [2.05, 4.69) is 4.74 Å². The molecule has 0 aromatic heterocycles. The Morgan fingerprint density at radius 3 is 1.88 bits per heavy atom. The van der Waals surface area contributed by atoms with Gasteiger partial charge in [-0.3, -0.25) is 4.79 Å². The van der Waals surface area contributed by atoms with Crippen LogP contribution in [0.5, 0.6) is 0 Å². The van der Waals surface area contributed by atoms with Crippen LogP contribution in [-0.4, -0.2) is 12.1 Å². The van der Waals surface area contributed by atoms with Gasteiger partial charge >= 0.3 is 5.97 Å². The fourth-order valence-corrected chi connectivity index (χ4v) is 1.09. The Balaban J connectivity index is 0.000000293. The summed E-state index contributed by atoms with van der Waals surface area (Å²) in [5, 5.41) is 0. The van der Waals surface area contributed by atoms with Crippen LogP contribution in [0.1, 0.15) is 39.3 Å². The molecule has 0 bridgehead atoms. The van der Waals surface area contributed by atoms with E-state index < -0.39 is 0 Å². The maximum absolute atomic E-state index is 10.0. The van der Waals surface area contributed by atoms with E-state index in [0.717, 1.165) is 0 Å². The maximum Gasteiger partial charge on any atom is 0.302 e. The van der Waals surface area contributed by atoms with Crippen molar-refractivity contribution in [3.8, 4) is 0 Å². The molecule has 0 radical (unpaired) electrons. The number of rotatable bonds is 2. The van der Waals surface area contributed by atoms with Crippen molar-refractivity contribution in [2.75, 3.05) is 0 Å². The molecule has 3 heteroatoms. The summed E-state index contributed by atoms with van der Waals surface area (Å²) in [6, 6.07) is 10.2. The third-order valence-electron chi connectivity index (χ3n) is 1.73. The lowest BCUT2D eigenvalue weighted by atomic mass is 10.1. The van der Waals surface area contributed by atoms with Gasteiger partial charge in [-0.05, 0) is 26.3 Å². The normalized spacial score (nSPS) is 11.4. The van der Waals surface area contributed by atoms with Crippen LogP contribution < -0.4 is 5.73 Å². The highest BCUT2D eigenvalue weighted by Crippen LogP contribution is 2.06. The lowest BCUT2D eigenvalue weighted by Crippen LogP contribution is -2.06. The van der Waals surface area contributed by atoms with E-state index in [-0.39, 0.29) is 18.1 Å². The van der Waals surface area contributed by atoms with Crippen LogP contribution in [0.4, 0.5) is 0 Å². The van der Waals surface area contributed by atoms with Gasteiger partial charge in [0.15, 0.2) is 0 Å². The second-order valence-electron chi connectivity index (χ2n) is 3.86. The number of hydrogen-bond donors (Lipinski definition) is 1. The Morgan fingerprint density at radius 2 is 1.69 bits per heavy atom. The highest BCUT2D eigenvalue weighted by atomic mass is 16.5. The zero-order valence-electron chi connectivity index (χ0n) is 10.4. The summed E-state index contributed by atoms with van der Waals surface area (Å²) in [4.78, 5) is 10.0. The quantitative estimate of drug-likeness (QED) is 0.784. The van der Waals surface area contributed by atoms with Crippen LogP contribution in [0.15, 0.2) is 30.3 Å². The molecule has 16 heavy (non-hydrogen) atoms. The van der Waals surface area contributed by atoms with E-state index in [9.17, 15) is 4.79 Å². The van der Waals surface area contributed by atoms with Gasteiger partial charge < -0.3 is 10.5 Å². The van der Waals surface area contributed by atoms with Crippen LogP contribution >= 0.6 is 0 Å². The smallest absolute Gasteiger partial charge is 0.302 e. The summed E-state index contributed by atoms with van der Waals surface area (Å²) < 4.78 is 4.61. The number of hydrogen-bond acceptors (Lipinski definition) is 3. The number of esters is 1. The minimum Gasteiger partial charge on any atom is -0.463 e. The first kappa shape index (κ1) is 14.6. The van der Waals surface area contributed by atoms with Gasteiger partial charge in [-0.1, -0.05) is 30.3 Å². The third-order valence-corrected chi connectivity index (χ3v) is 1.73. The van der Waals surface area contributed by atoms with Crippen LogP contribution in [0, 0.1) is 0 Å². The molecular weight excluding hydrogens is 202 g/mol. The Morgan fingerprint density at radius 1 is 1.19 bits per heavy atom. The molecule has 1 aromatic carbocycles. The second kappa shape index (κ2) is 7.88. The molecule has 0 aliphatic carbocycles. The lowest BCUT2D eigenvalue weighted by Gasteiger charge is -2.02. The molecule has 0 fully saturated rings. The predicted octanol–water partition coefficient (Wildman–Crippen LogP) is 2.66. The number of nitrogens with two attached hydrogens (primary N) is 1. The molecule has 0 aliphatic rings. The molecule has 0 amide bonds. The molecule has 90 valence electrons. The summed E-state index contributed by atoms with van der Waals surface area (Å²) in [6.45, 7) is 7.03. The molecule has 0 saturated carbocycles. The predicted molar refractivity (Wildman–Crippen MR) is 65.9 cm³/mol. The highest BCUT2D eigenvalue weighted by molar-refractivity contribution is 5.66. The van der Waals surface area contributed by atoms with Crippen molar-refractivity contribution < 1.29 is 9.53 Å². The summed E-state index contributed by atoms with van der Waals surface area (Å²) in [6.07, 6.45) is 0.0255. The summed E-state index contributed by atoms with van der Waals surface area (Å²) in [5.41, 5.74) is 6.81. The molecule has 0 heterocycles. The number of benzene rings is 1. The number of carbonyl (C=O) groups excluding carboxylic acids is 1. The molecule has 1 aromatic rings. The fourth-order valence-electron chi connectivity index (χ4n) is 1.09. The van der Waals surface area contributed by atoms with Crippen LogP contribution in [0.2, 0.25) is 0 Å². The van der Waals surface area contributed by atoms with E-state index in [0.29, 0.717) is 0 Å². The Labute approximate surface area is 97.6 Å². The van der Waals surface area contributed by atoms with Crippen molar-refractivity contribution in [3.63, 3.8) is 0 Å². The second-order valence-corrected chi connectivity index (χ2v) is 3.86. The van der Waals surface area contributed by atoms with Crippen LogP contribution in [0.25, 0.3) is 0 Å². The van der Waals surface area contributed by atoms with Gasteiger partial charge in [0, 0.05) is 13.0 Å². The van der Waals surface area contributed by atoms with Gasteiger partial charge in [0.25, 0.3) is 0 Å². The van der Waals surface area contributed by atoms with Crippen molar-refractivity contribution in [2.24, 2.45) is 5.73 Å². The molecule has 0 aliphatic heterocycles. The Hall–Kier alpha value is -1.35. The highest BCUT2D eigenvalue weighted by Gasteiger charge is 1.94. The molecule has 1 atom stereocenters. The largest absolute Gasteiger partial charge is 0.463 e. The Bertz CT molecular complexity index is 294. The average molecular weight is 223 g/mol. The first-order chi connectivity index (χ1) is 7.43. The first-order valence-electron chi connectivity index (χ1n) is 5.41. The van der Waals surface area contributed by atoms with Gasteiger partial charge in [-0.25, -0.2) is 0 Å². The maximum atomic E-state index is 10.0. The topological polar surface area (TPSA) is 52.3 Å². The van der Waals surface area contributed by atoms with Gasteiger partial charge in [0.05, 0.1) is 6.10 Å². The van der Waals surface area contributed by atoms with E-state index >= 15 is 0 Å². The van der Waals surface area contributed by atoms with Gasteiger partial charge in [-0.15, -0.1) is 0 Å². The molecule has 3 nitrogen and oxygen atoms in total. The molecule has 0 spiro atoms. The fraction of sp³-hybridized carbons (Fsp3) is 0.462. The molecule has 0 saturated heterocycles. The molecule has 1 unspecified atom stereocenters. The van der Waals surface area contributed by atoms with Crippen molar-refractivity contribution in [1.82, 2.24) is 0 Å². The van der Waals surface area contributed by atoms with Crippen LogP contribution in [0.3, 0.4) is 0 Å². The van der Waals surface area contributed by atoms with E-state index in [4.69, 9.17) is 5.73 Å². The standard InChI is InChI=1S/C8H11N.C5H10O2/c1-7(9)8-5-3-2-4-6-8;1-4(2)7-5(3)6/h2-7H,9H2,1H3;4H,1-3H3. The first-order valence-corrected chi connectivity index (χ1v) is 5.41. The molecule has 1 rings (SSSR count). The minimum absolute atomic E-state index is 0.0255. The summed E-state index contributed by atoms with van der Waals surface area (Å²) >= 11 is 0. The van der Waals surface area contributed by atoms with Gasteiger partial charge in [0.1, 0.15) is 0 Å². The van der Waals surface area contributed by atoms with Crippen molar-refractivity contribution in [2.45, 2.75) is 39.8 Å². The Kier molecular flexibility index (Phi) is 7.21. The summed E-state index contributed by atoms with van der Waals surface area (Å²) in [5.74, 6) is -0.213. The van der Waals surface area contributed by atoms with Crippen LogP contribution in [-0.2, 0) is 9.53 Å². The molecular formula is C13H21NO2. The van der Waals surface area contributed by atoms with E-state index in [1.165, 1.54) is 12.5 Å². The third kappa shape index (κ3) is 8.00. The average Bonchev–Trinajstić information content (AvgIpc) is 2.17. The van der Waals surface area contributed by atoms with Crippen molar-refractivity contribution >= 4 is 5.97 Å².